The summed E-state index contributed by atoms with van der Waals surface area (Å²) >= 11 is 0.267. The van der Waals surface area contributed by atoms with Crippen LogP contribution in [0.25, 0.3) is 10.8 Å². The van der Waals surface area contributed by atoms with Crippen LogP contribution in [-0.2, 0) is 33.5 Å². The average Bonchev–Trinajstić information content (AvgIpc) is 2.52. The van der Waals surface area contributed by atoms with Gasteiger partial charge in [0.05, 0.1) is 17.3 Å². The van der Waals surface area contributed by atoms with Crippen molar-refractivity contribution in [2.45, 2.75) is 16.7 Å². The van der Waals surface area contributed by atoms with Crippen molar-refractivity contribution in [2.75, 3.05) is 12.4 Å². The normalized spacial score (nSPS) is 12.6. The lowest BCUT2D eigenvalue weighted by Crippen LogP contribution is -2.11. The Morgan fingerprint density at radius 2 is 1.84 bits per heavy atom. The number of rotatable bonds is 8. The highest BCUT2D eigenvalue weighted by Gasteiger charge is 2.20. The zero-order valence-corrected chi connectivity index (χ0v) is 15.2. The zero-order valence-electron chi connectivity index (χ0n) is 12.8. The number of hydrogen-bond acceptors (Lipinski definition) is 9. The zero-order chi connectivity index (χ0) is 18.7. The minimum absolute atomic E-state index is 0.0296. The first kappa shape index (κ1) is 20.1. The van der Waals surface area contributed by atoms with E-state index in [1.807, 2.05) is 0 Å². The Hall–Kier alpha value is -1.25. The first-order valence-electron chi connectivity index (χ1n) is 6.67. The van der Waals surface area contributed by atoms with Gasteiger partial charge in [0.2, 0.25) is 0 Å². The average molecular weight is 410 g/mol. The summed E-state index contributed by atoms with van der Waals surface area (Å²) in [6.45, 7) is 1.29. The van der Waals surface area contributed by atoms with Crippen LogP contribution < -0.4 is 0 Å². The van der Waals surface area contributed by atoms with Crippen molar-refractivity contribution in [1.29, 1.82) is 0 Å². The second-order valence-corrected chi connectivity index (χ2v) is 8.90. The Bertz CT molecular complexity index is 968. The highest BCUT2D eigenvalue weighted by molar-refractivity contribution is 7.91. The van der Waals surface area contributed by atoms with Gasteiger partial charge in [-0.05, 0) is 30.0 Å². The number of sulfone groups is 1. The molecule has 0 aliphatic carbocycles. The quantitative estimate of drug-likeness (QED) is 0.219. The van der Waals surface area contributed by atoms with Gasteiger partial charge in [-0.3, -0.25) is 8.74 Å². The van der Waals surface area contributed by atoms with Crippen LogP contribution in [0.15, 0.2) is 40.1 Å². The summed E-state index contributed by atoms with van der Waals surface area (Å²) in [7, 11) is -8.16. The third kappa shape index (κ3) is 4.89. The number of benzene rings is 2. The van der Waals surface area contributed by atoms with Gasteiger partial charge in [-0.25, -0.2) is 13.7 Å². The monoisotopic (exact) mass is 410 g/mol. The highest BCUT2D eigenvalue weighted by Crippen LogP contribution is 2.28. The second kappa shape index (κ2) is 7.97. The van der Waals surface area contributed by atoms with Crippen LogP contribution in [0.1, 0.15) is 5.56 Å². The Morgan fingerprint density at radius 1 is 1.12 bits per heavy atom. The maximum atomic E-state index is 12.3. The highest BCUT2D eigenvalue weighted by atomic mass is 32.2. The van der Waals surface area contributed by atoms with E-state index in [9.17, 15) is 21.4 Å². The fourth-order valence-electron chi connectivity index (χ4n) is 2.25. The lowest BCUT2D eigenvalue weighted by Gasteiger charge is -2.10. The van der Waals surface area contributed by atoms with E-state index in [0.29, 0.717) is 10.9 Å². The molecule has 25 heavy (non-hydrogen) atoms. The van der Waals surface area contributed by atoms with E-state index in [1.54, 1.807) is 6.07 Å². The van der Waals surface area contributed by atoms with E-state index >= 15 is 0 Å². The summed E-state index contributed by atoms with van der Waals surface area (Å²) in [6, 6.07) is 6.95. The minimum atomic E-state index is -4.45. The summed E-state index contributed by atoms with van der Waals surface area (Å²) in [5, 5.41) is 11.8. The largest absolute Gasteiger partial charge is 0.295 e. The van der Waals surface area contributed by atoms with Crippen LogP contribution in [0.2, 0.25) is 0 Å². The van der Waals surface area contributed by atoms with Gasteiger partial charge in [0, 0.05) is 5.39 Å². The van der Waals surface area contributed by atoms with Crippen molar-refractivity contribution in [3.05, 3.63) is 35.9 Å². The van der Waals surface area contributed by atoms with Crippen molar-refractivity contribution in [1.82, 2.24) is 0 Å². The molecule has 0 unspecified atom stereocenters. The van der Waals surface area contributed by atoms with Crippen molar-refractivity contribution in [3.63, 3.8) is 0 Å². The van der Waals surface area contributed by atoms with Gasteiger partial charge < -0.3 is 0 Å². The molecular formula is C13H14O9S3. The molecule has 9 nitrogen and oxygen atoms in total. The molecule has 2 aromatic carbocycles. The van der Waals surface area contributed by atoms with Gasteiger partial charge in [0.1, 0.15) is 4.90 Å². The molecule has 0 fully saturated rings. The first-order chi connectivity index (χ1) is 11.7. The van der Waals surface area contributed by atoms with E-state index in [0.717, 1.165) is 0 Å². The predicted octanol–water partition coefficient (Wildman–Crippen LogP) is 2.17. The second-order valence-electron chi connectivity index (χ2n) is 4.92. The molecule has 138 valence electrons. The van der Waals surface area contributed by atoms with Crippen LogP contribution in [0.5, 0.6) is 0 Å². The van der Waals surface area contributed by atoms with E-state index in [2.05, 4.69) is 9.37 Å². The molecule has 12 heteroatoms. The first-order valence-corrected chi connectivity index (χ1v) is 10.4. The van der Waals surface area contributed by atoms with Crippen molar-refractivity contribution >= 4 is 43.1 Å². The van der Waals surface area contributed by atoms with Gasteiger partial charge in [-0.15, -0.1) is 4.33 Å². The van der Waals surface area contributed by atoms with E-state index in [1.165, 1.54) is 31.2 Å². The summed E-state index contributed by atoms with van der Waals surface area (Å²) in [4.78, 5) is -0.284. The van der Waals surface area contributed by atoms with Crippen LogP contribution in [0, 0.1) is 6.92 Å². The molecule has 0 aliphatic rings. The molecule has 0 radical (unpaired) electrons. The predicted molar refractivity (Wildman–Crippen MR) is 88.9 cm³/mol. The summed E-state index contributed by atoms with van der Waals surface area (Å²) in [5.41, 5.74) is 0.349. The number of aryl methyl sites for hydroxylation is 1. The topological polar surface area (TPSA) is 136 Å². The SMILES string of the molecule is Cc1ccc2cc(S(=O)(=O)CCOSOOO)ccc2c1S(=O)(=O)O. The third-order valence-corrected chi connectivity index (χ3v) is 6.41. The van der Waals surface area contributed by atoms with E-state index < -0.39 is 20.0 Å². The van der Waals surface area contributed by atoms with Crippen LogP contribution in [-0.4, -0.2) is 39.0 Å². The van der Waals surface area contributed by atoms with Gasteiger partial charge >= 0.3 is 0 Å². The van der Waals surface area contributed by atoms with Crippen LogP contribution in [0.4, 0.5) is 0 Å². The molecule has 0 saturated heterocycles. The Balaban J connectivity index is 2.34. The smallest absolute Gasteiger partial charge is 0.288 e. The number of hydrogen-bond donors (Lipinski definition) is 2. The fraction of sp³-hybridized carbons (Fsp3) is 0.231. The summed E-state index contributed by atoms with van der Waals surface area (Å²) in [6.07, 6.45) is 0. The molecule has 0 atom stereocenters. The minimum Gasteiger partial charge on any atom is -0.288 e. The standard InChI is InChI=1S/C13H14O9S3/c1-9-2-3-10-8-11(4-5-12(10)13(9)25(17,18)19)24(15,16)7-6-20-23-22-21-14/h2-5,8,14H,6-7H2,1H3,(H,17,18,19). The fourth-order valence-corrected chi connectivity index (χ4v) is 4.63. The maximum Gasteiger partial charge on any atom is 0.295 e. The molecule has 0 amide bonds. The molecule has 0 saturated carbocycles. The van der Waals surface area contributed by atoms with E-state index in [4.69, 9.17) is 9.44 Å². The van der Waals surface area contributed by atoms with Gasteiger partial charge in [0.15, 0.2) is 22.2 Å². The molecule has 2 rings (SSSR count). The van der Waals surface area contributed by atoms with Crippen LogP contribution in [0.3, 0.4) is 0 Å². The Morgan fingerprint density at radius 3 is 2.48 bits per heavy atom. The lowest BCUT2D eigenvalue weighted by molar-refractivity contribution is -0.434. The molecule has 2 aromatic rings. The summed E-state index contributed by atoms with van der Waals surface area (Å²) in [5.74, 6) is -0.378. The molecule has 0 heterocycles. The Kier molecular flexibility index (Phi) is 6.40. The van der Waals surface area contributed by atoms with Crippen molar-refractivity contribution < 1.29 is 40.2 Å². The van der Waals surface area contributed by atoms with Crippen molar-refractivity contribution in [3.8, 4) is 0 Å². The lowest BCUT2D eigenvalue weighted by atomic mass is 10.1. The molecule has 0 spiro atoms. The molecule has 0 bridgehead atoms. The molecule has 2 N–H and O–H groups in total. The molecule has 0 aromatic heterocycles. The molecular weight excluding hydrogens is 396 g/mol. The van der Waals surface area contributed by atoms with Gasteiger partial charge in [-0.2, -0.15) is 8.42 Å². The van der Waals surface area contributed by atoms with Gasteiger partial charge in [0.25, 0.3) is 10.1 Å². The summed E-state index contributed by atoms with van der Waals surface area (Å²) < 4.78 is 65.7. The van der Waals surface area contributed by atoms with Crippen LogP contribution >= 0.6 is 12.3 Å². The van der Waals surface area contributed by atoms with Gasteiger partial charge in [-0.1, -0.05) is 23.2 Å². The Labute approximate surface area is 148 Å². The number of fused-ring (bicyclic) bond motifs is 1. The third-order valence-electron chi connectivity index (χ3n) is 3.30. The maximum absolute atomic E-state index is 12.3. The van der Waals surface area contributed by atoms with E-state index in [-0.39, 0.29) is 39.9 Å². The molecule has 0 aliphatic heterocycles. The van der Waals surface area contributed by atoms with Crippen molar-refractivity contribution in [2.24, 2.45) is 0 Å².